The summed E-state index contributed by atoms with van der Waals surface area (Å²) in [4.78, 5) is 14.6. The molecule has 2 aromatic rings. The van der Waals surface area contributed by atoms with Crippen molar-refractivity contribution in [2.45, 2.75) is 13.3 Å². The molecule has 5 nitrogen and oxygen atoms in total. The topological polar surface area (TPSA) is 68.1 Å². The standard InChI is InChI=1S/C14H15N3O2/c1-11-4-2-6-13(17(18)19)14(11)16-9-7-12-5-3-8-15-10-12/h2-6,8,10,16H,7,9H2,1H3. The van der Waals surface area contributed by atoms with Crippen LogP contribution in [0.5, 0.6) is 0 Å². The fraction of sp³-hybridized carbons (Fsp3) is 0.214. The molecule has 0 bridgehead atoms. The Bertz CT molecular complexity index is 570. The molecule has 1 aromatic heterocycles. The zero-order valence-electron chi connectivity index (χ0n) is 10.7. The van der Waals surface area contributed by atoms with Gasteiger partial charge in [-0.25, -0.2) is 0 Å². The lowest BCUT2D eigenvalue weighted by Gasteiger charge is -2.09. The van der Waals surface area contributed by atoms with Crippen LogP contribution in [0.1, 0.15) is 11.1 Å². The number of nitrogens with zero attached hydrogens (tertiary/aromatic N) is 2. The van der Waals surface area contributed by atoms with Crippen molar-refractivity contribution >= 4 is 11.4 Å². The summed E-state index contributed by atoms with van der Waals surface area (Å²) in [5, 5.41) is 14.1. The third kappa shape index (κ3) is 3.28. The third-order valence-corrected chi connectivity index (χ3v) is 2.89. The molecule has 0 unspecified atom stereocenters. The second kappa shape index (κ2) is 5.95. The summed E-state index contributed by atoms with van der Waals surface area (Å²) in [6, 6.07) is 8.94. The van der Waals surface area contributed by atoms with Gasteiger partial charge in [0.2, 0.25) is 0 Å². The van der Waals surface area contributed by atoms with Gasteiger partial charge in [0.15, 0.2) is 0 Å². The minimum absolute atomic E-state index is 0.117. The van der Waals surface area contributed by atoms with E-state index < -0.39 is 0 Å². The van der Waals surface area contributed by atoms with Gasteiger partial charge in [0.25, 0.3) is 5.69 Å². The molecule has 0 atom stereocenters. The van der Waals surface area contributed by atoms with E-state index in [-0.39, 0.29) is 10.6 Å². The Labute approximate surface area is 111 Å². The van der Waals surface area contributed by atoms with Crippen LogP contribution in [0.25, 0.3) is 0 Å². The maximum atomic E-state index is 11.0. The quantitative estimate of drug-likeness (QED) is 0.660. The summed E-state index contributed by atoms with van der Waals surface area (Å²) < 4.78 is 0. The number of anilines is 1. The normalized spacial score (nSPS) is 10.2. The number of aromatic nitrogens is 1. The van der Waals surface area contributed by atoms with Gasteiger partial charge in [-0.1, -0.05) is 18.2 Å². The first-order valence-electron chi connectivity index (χ1n) is 6.05. The SMILES string of the molecule is Cc1cccc([N+](=O)[O-])c1NCCc1cccnc1. The van der Waals surface area contributed by atoms with Crippen molar-refractivity contribution < 1.29 is 4.92 Å². The molecule has 1 N–H and O–H groups in total. The molecule has 0 spiro atoms. The number of benzene rings is 1. The van der Waals surface area contributed by atoms with Crippen LogP contribution in [-0.2, 0) is 6.42 Å². The van der Waals surface area contributed by atoms with Crippen LogP contribution in [0.3, 0.4) is 0 Å². The highest BCUT2D eigenvalue weighted by Crippen LogP contribution is 2.27. The molecule has 0 saturated carbocycles. The van der Waals surface area contributed by atoms with E-state index >= 15 is 0 Å². The van der Waals surface area contributed by atoms with Gasteiger partial charge in [-0.3, -0.25) is 15.1 Å². The lowest BCUT2D eigenvalue weighted by Crippen LogP contribution is -2.08. The smallest absolute Gasteiger partial charge is 0.292 e. The van der Waals surface area contributed by atoms with Gasteiger partial charge in [-0.05, 0) is 30.5 Å². The summed E-state index contributed by atoms with van der Waals surface area (Å²) in [5.74, 6) is 0. The molecule has 0 saturated heterocycles. The first kappa shape index (κ1) is 13.0. The van der Waals surface area contributed by atoms with E-state index in [1.54, 1.807) is 18.5 Å². The van der Waals surface area contributed by atoms with Crippen LogP contribution in [0.15, 0.2) is 42.7 Å². The van der Waals surface area contributed by atoms with Gasteiger partial charge in [0, 0.05) is 25.0 Å². The van der Waals surface area contributed by atoms with Crippen LogP contribution in [0.4, 0.5) is 11.4 Å². The zero-order valence-corrected chi connectivity index (χ0v) is 10.7. The van der Waals surface area contributed by atoms with Crippen molar-refractivity contribution in [1.29, 1.82) is 0 Å². The largest absolute Gasteiger partial charge is 0.379 e. The Morgan fingerprint density at radius 2 is 2.16 bits per heavy atom. The number of hydrogen-bond acceptors (Lipinski definition) is 4. The summed E-state index contributed by atoms with van der Waals surface area (Å²) >= 11 is 0. The molecule has 0 aliphatic heterocycles. The molecule has 0 amide bonds. The maximum absolute atomic E-state index is 11.0. The van der Waals surface area contributed by atoms with E-state index in [1.807, 2.05) is 25.1 Å². The highest BCUT2D eigenvalue weighted by molar-refractivity contribution is 5.65. The number of nitro benzene ring substituents is 1. The molecule has 0 aliphatic rings. The molecule has 0 aliphatic carbocycles. The van der Waals surface area contributed by atoms with Crippen molar-refractivity contribution in [1.82, 2.24) is 4.98 Å². The molecule has 0 fully saturated rings. The van der Waals surface area contributed by atoms with E-state index in [2.05, 4.69) is 10.3 Å². The predicted octanol–water partition coefficient (Wildman–Crippen LogP) is 2.95. The van der Waals surface area contributed by atoms with Crippen LogP contribution in [-0.4, -0.2) is 16.5 Å². The number of nitro groups is 1. The second-order valence-corrected chi connectivity index (χ2v) is 4.26. The number of aryl methyl sites for hydroxylation is 1. The van der Waals surface area contributed by atoms with Crippen LogP contribution in [0, 0.1) is 17.0 Å². The first-order valence-corrected chi connectivity index (χ1v) is 6.05. The number of pyridine rings is 1. The molecule has 5 heteroatoms. The van der Waals surface area contributed by atoms with E-state index in [0.717, 1.165) is 17.5 Å². The Balaban J connectivity index is 2.05. The van der Waals surface area contributed by atoms with Gasteiger partial charge in [0.05, 0.1) is 4.92 Å². The fourth-order valence-electron chi connectivity index (χ4n) is 1.91. The number of hydrogen-bond donors (Lipinski definition) is 1. The summed E-state index contributed by atoms with van der Waals surface area (Å²) in [6.07, 6.45) is 4.30. The van der Waals surface area contributed by atoms with Crippen LogP contribution < -0.4 is 5.32 Å². The molecule has 98 valence electrons. The summed E-state index contributed by atoms with van der Waals surface area (Å²) in [7, 11) is 0. The predicted molar refractivity (Wildman–Crippen MR) is 74.3 cm³/mol. The first-order chi connectivity index (χ1) is 9.18. The van der Waals surface area contributed by atoms with Crippen LogP contribution >= 0.6 is 0 Å². The van der Waals surface area contributed by atoms with Crippen molar-refractivity contribution in [2.75, 3.05) is 11.9 Å². The van der Waals surface area contributed by atoms with Crippen molar-refractivity contribution in [3.8, 4) is 0 Å². The minimum atomic E-state index is -0.362. The number of nitrogens with one attached hydrogen (secondary N) is 1. The molecular weight excluding hydrogens is 242 g/mol. The number of para-hydroxylation sites is 1. The summed E-state index contributed by atoms with van der Waals surface area (Å²) in [6.45, 7) is 2.50. The van der Waals surface area contributed by atoms with Gasteiger partial charge in [-0.2, -0.15) is 0 Å². The molecule has 19 heavy (non-hydrogen) atoms. The molecule has 2 rings (SSSR count). The highest BCUT2D eigenvalue weighted by atomic mass is 16.6. The van der Waals surface area contributed by atoms with E-state index in [1.165, 1.54) is 6.07 Å². The maximum Gasteiger partial charge on any atom is 0.292 e. The summed E-state index contributed by atoms with van der Waals surface area (Å²) in [5.41, 5.74) is 2.69. The average molecular weight is 257 g/mol. The van der Waals surface area contributed by atoms with E-state index in [4.69, 9.17) is 0 Å². The van der Waals surface area contributed by atoms with Gasteiger partial charge in [-0.15, -0.1) is 0 Å². The van der Waals surface area contributed by atoms with E-state index in [9.17, 15) is 10.1 Å². The second-order valence-electron chi connectivity index (χ2n) is 4.26. The molecular formula is C14H15N3O2. The van der Waals surface area contributed by atoms with Gasteiger partial charge >= 0.3 is 0 Å². The van der Waals surface area contributed by atoms with Crippen LogP contribution in [0.2, 0.25) is 0 Å². The monoisotopic (exact) mass is 257 g/mol. The zero-order chi connectivity index (χ0) is 13.7. The number of rotatable bonds is 5. The van der Waals surface area contributed by atoms with Crippen molar-refractivity contribution in [3.05, 3.63) is 64.0 Å². The Hall–Kier alpha value is -2.43. The molecule has 1 heterocycles. The Kier molecular flexibility index (Phi) is 4.07. The van der Waals surface area contributed by atoms with Crippen molar-refractivity contribution in [3.63, 3.8) is 0 Å². The van der Waals surface area contributed by atoms with Crippen molar-refractivity contribution in [2.24, 2.45) is 0 Å². The third-order valence-electron chi connectivity index (χ3n) is 2.89. The molecule has 0 radical (unpaired) electrons. The molecule has 1 aromatic carbocycles. The Morgan fingerprint density at radius 3 is 2.84 bits per heavy atom. The Morgan fingerprint density at radius 1 is 1.32 bits per heavy atom. The van der Waals surface area contributed by atoms with E-state index in [0.29, 0.717) is 12.2 Å². The van der Waals surface area contributed by atoms with Gasteiger partial charge in [0.1, 0.15) is 5.69 Å². The fourth-order valence-corrected chi connectivity index (χ4v) is 1.91. The lowest BCUT2D eigenvalue weighted by molar-refractivity contribution is -0.384. The average Bonchev–Trinajstić information content (AvgIpc) is 2.41. The highest BCUT2D eigenvalue weighted by Gasteiger charge is 2.14. The minimum Gasteiger partial charge on any atom is -0.379 e. The van der Waals surface area contributed by atoms with Gasteiger partial charge < -0.3 is 5.32 Å². The lowest BCUT2D eigenvalue weighted by atomic mass is 10.1.